The molecule has 0 aromatic carbocycles. The lowest BCUT2D eigenvalue weighted by atomic mass is 9.94. The van der Waals surface area contributed by atoms with Gasteiger partial charge in [0.15, 0.2) is 0 Å². The van der Waals surface area contributed by atoms with Gasteiger partial charge < -0.3 is 14.7 Å². The number of anilines is 1. The summed E-state index contributed by atoms with van der Waals surface area (Å²) in [5.74, 6) is -1.47. The lowest BCUT2D eigenvalue weighted by Gasteiger charge is -2.17. The van der Waals surface area contributed by atoms with Gasteiger partial charge in [-0.05, 0) is 18.4 Å². The van der Waals surface area contributed by atoms with E-state index in [1.807, 2.05) is 20.8 Å². The molecule has 0 spiro atoms. The van der Waals surface area contributed by atoms with Gasteiger partial charge in [0.05, 0.1) is 18.6 Å². The summed E-state index contributed by atoms with van der Waals surface area (Å²) in [7, 11) is 1.50. The van der Waals surface area contributed by atoms with Gasteiger partial charge in [-0.1, -0.05) is 20.8 Å². The molecule has 0 saturated carbocycles. The van der Waals surface area contributed by atoms with E-state index in [1.54, 1.807) is 13.0 Å². The van der Waals surface area contributed by atoms with Crippen molar-refractivity contribution in [2.75, 3.05) is 25.5 Å². The van der Waals surface area contributed by atoms with Crippen molar-refractivity contribution in [3.05, 3.63) is 16.5 Å². The van der Waals surface area contributed by atoms with E-state index in [-0.39, 0.29) is 25.0 Å². The second-order valence-electron chi connectivity index (χ2n) is 6.32. The summed E-state index contributed by atoms with van der Waals surface area (Å²) in [6.07, 6.45) is -0.146. The highest BCUT2D eigenvalue weighted by atomic mass is 32.1. The number of aliphatic carboxylic acids is 1. The summed E-state index contributed by atoms with van der Waals surface area (Å²) >= 11 is 1.31. The Bertz CT molecular complexity index is 618. The van der Waals surface area contributed by atoms with E-state index in [9.17, 15) is 14.4 Å². The zero-order valence-corrected chi connectivity index (χ0v) is 15.5. The molecule has 134 valence electrons. The van der Waals surface area contributed by atoms with Crippen molar-refractivity contribution in [2.24, 2.45) is 0 Å². The van der Waals surface area contributed by atoms with Crippen molar-refractivity contribution in [3.8, 4) is 0 Å². The molecule has 0 radical (unpaired) electrons. The van der Waals surface area contributed by atoms with E-state index < -0.39 is 18.0 Å². The second kappa shape index (κ2) is 8.14. The minimum absolute atomic E-state index is 0.0768. The maximum Gasteiger partial charge on any atom is 0.341 e. The third kappa shape index (κ3) is 5.52. The van der Waals surface area contributed by atoms with Gasteiger partial charge in [-0.15, -0.1) is 11.3 Å². The Morgan fingerprint density at radius 2 is 1.96 bits per heavy atom. The lowest BCUT2D eigenvalue weighted by molar-refractivity contribution is -0.137. The predicted octanol–water partition coefficient (Wildman–Crippen LogP) is 3.16. The number of hydrogen-bond donors (Lipinski definition) is 2. The number of ether oxygens (including phenoxy) is 1. The smallest absolute Gasteiger partial charge is 0.341 e. The number of carboxylic acid groups (broad SMARTS) is 1. The van der Waals surface area contributed by atoms with Gasteiger partial charge in [0.2, 0.25) is 0 Å². The number of nitrogens with one attached hydrogen (secondary N) is 1. The number of hydrogen-bond acceptors (Lipinski definition) is 5. The highest BCUT2D eigenvalue weighted by molar-refractivity contribution is 7.16. The molecule has 0 aliphatic rings. The fourth-order valence-electron chi connectivity index (χ4n) is 1.77. The Labute approximate surface area is 145 Å². The van der Waals surface area contributed by atoms with Crippen LogP contribution in [0, 0.1) is 0 Å². The first kappa shape index (κ1) is 20.0. The highest BCUT2D eigenvalue weighted by Crippen LogP contribution is 2.36. The topological polar surface area (TPSA) is 95.9 Å². The minimum atomic E-state index is -0.979. The monoisotopic (exact) mass is 356 g/mol. The van der Waals surface area contributed by atoms with Crippen LogP contribution in [-0.2, 0) is 14.9 Å². The van der Waals surface area contributed by atoms with E-state index >= 15 is 0 Å². The fourth-order valence-corrected chi connectivity index (χ4v) is 2.86. The van der Waals surface area contributed by atoms with Crippen molar-refractivity contribution in [1.29, 1.82) is 0 Å². The van der Waals surface area contributed by atoms with Crippen LogP contribution >= 0.6 is 11.3 Å². The number of carbonyl (C=O) groups is 3. The van der Waals surface area contributed by atoms with E-state index in [0.29, 0.717) is 10.6 Å². The van der Waals surface area contributed by atoms with Crippen LogP contribution in [0.25, 0.3) is 0 Å². The van der Waals surface area contributed by atoms with Crippen molar-refractivity contribution < 1.29 is 24.2 Å². The number of carbonyl (C=O) groups excluding carboxylic acids is 2. The Morgan fingerprint density at radius 3 is 2.46 bits per heavy atom. The summed E-state index contributed by atoms with van der Waals surface area (Å²) in [6, 6.07) is 1.26. The van der Waals surface area contributed by atoms with Gasteiger partial charge in [-0.2, -0.15) is 0 Å². The van der Waals surface area contributed by atoms with Gasteiger partial charge in [-0.25, -0.2) is 9.59 Å². The summed E-state index contributed by atoms with van der Waals surface area (Å²) in [5, 5.41) is 11.8. The second-order valence-corrected chi connectivity index (χ2v) is 7.37. The fraction of sp³-hybridized carbons (Fsp3) is 0.562. The van der Waals surface area contributed by atoms with Gasteiger partial charge >= 0.3 is 18.0 Å². The zero-order chi connectivity index (χ0) is 18.5. The molecule has 0 aliphatic heterocycles. The normalized spacial score (nSPS) is 11.0. The first-order valence-electron chi connectivity index (χ1n) is 7.61. The van der Waals surface area contributed by atoms with E-state index in [4.69, 9.17) is 9.84 Å². The van der Waals surface area contributed by atoms with Crippen LogP contribution in [0.2, 0.25) is 0 Å². The van der Waals surface area contributed by atoms with Crippen LogP contribution in [-0.4, -0.2) is 48.2 Å². The molecule has 24 heavy (non-hydrogen) atoms. The molecule has 7 nitrogen and oxygen atoms in total. The Morgan fingerprint density at radius 1 is 1.33 bits per heavy atom. The van der Waals surface area contributed by atoms with E-state index in [0.717, 1.165) is 4.88 Å². The molecule has 2 N–H and O–H groups in total. The summed E-state index contributed by atoms with van der Waals surface area (Å²) in [5.41, 5.74) is 0.135. The minimum Gasteiger partial charge on any atom is -0.481 e. The number of thiophene rings is 1. The molecule has 2 amide bonds. The molecule has 1 aromatic rings. The van der Waals surface area contributed by atoms with Gasteiger partial charge in [0.1, 0.15) is 5.00 Å². The molecular weight excluding hydrogens is 332 g/mol. The third-order valence-corrected chi connectivity index (χ3v) is 4.67. The van der Waals surface area contributed by atoms with Crippen LogP contribution < -0.4 is 5.32 Å². The average molecular weight is 356 g/mol. The van der Waals surface area contributed by atoms with E-state index in [1.165, 1.54) is 23.3 Å². The third-order valence-electron chi connectivity index (χ3n) is 3.19. The van der Waals surface area contributed by atoms with Gasteiger partial charge in [-0.3, -0.25) is 10.1 Å². The Kier molecular flexibility index (Phi) is 6.77. The summed E-state index contributed by atoms with van der Waals surface area (Å²) < 4.78 is 5.04. The standard InChI is InChI=1S/C16H24N2O5S/c1-6-23-14(21)10-9-11(16(2,3)4)24-13(10)17-15(22)18(5)8-7-12(19)20/h9H,6-8H2,1-5H3,(H,17,22)(H,19,20). The van der Waals surface area contributed by atoms with Crippen LogP contribution in [0.3, 0.4) is 0 Å². The van der Waals surface area contributed by atoms with E-state index in [2.05, 4.69) is 5.32 Å². The van der Waals surface area contributed by atoms with Crippen molar-refractivity contribution in [3.63, 3.8) is 0 Å². The zero-order valence-electron chi connectivity index (χ0n) is 14.6. The van der Waals surface area contributed by atoms with Gasteiger partial charge in [0, 0.05) is 18.5 Å². The average Bonchev–Trinajstić information content (AvgIpc) is 2.88. The maximum absolute atomic E-state index is 12.2. The molecule has 8 heteroatoms. The van der Waals surface area contributed by atoms with Crippen LogP contribution in [0.1, 0.15) is 49.4 Å². The quantitative estimate of drug-likeness (QED) is 0.763. The number of amides is 2. The summed E-state index contributed by atoms with van der Waals surface area (Å²) in [6.45, 7) is 8.07. The first-order valence-corrected chi connectivity index (χ1v) is 8.43. The molecular formula is C16H24N2O5S. The lowest BCUT2D eigenvalue weighted by Crippen LogP contribution is -2.33. The van der Waals surface area contributed by atoms with Crippen LogP contribution in [0.4, 0.5) is 9.80 Å². The molecule has 0 saturated heterocycles. The Balaban J connectivity index is 2.99. The molecule has 1 aromatic heterocycles. The number of rotatable bonds is 6. The van der Waals surface area contributed by atoms with Crippen molar-refractivity contribution in [2.45, 2.75) is 39.5 Å². The first-order chi connectivity index (χ1) is 11.1. The molecule has 0 unspecified atom stereocenters. The van der Waals surface area contributed by atoms with Crippen molar-refractivity contribution >= 4 is 34.3 Å². The summed E-state index contributed by atoms with van der Waals surface area (Å²) in [4.78, 5) is 37.1. The molecule has 0 atom stereocenters. The number of urea groups is 1. The van der Waals surface area contributed by atoms with Crippen LogP contribution in [0.5, 0.6) is 0 Å². The number of carboxylic acids is 1. The molecule has 0 fully saturated rings. The molecule has 1 heterocycles. The molecule has 0 aliphatic carbocycles. The largest absolute Gasteiger partial charge is 0.481 e. The SMILES string of the molecule is CCOC(=O)c1cc(C(C)(C)C)sc1NC(=O)N(C)CCC(=O)O. The van der Waals surface area contributed by atoms with Gasteiger partial charge in [0.25, 0.3) is 0 Å². The van der Waals surface area contributed by atoms with Crippen LogP contribution in [0.15, 0.2) is 6.07 Å². The molecule has 0 bridgehead atoms. The Hall–Kier alpha value is -2.09. The van der Waals surface area contributed by atoms with Crippen molar-refractivity contribution in [1.82, 2.24) is 4.90 Å². The highest BCUT2D eigenvalue weighted by Gasteiger charge is 2.25. The number of esters is 1. The predicted molar refractivity (Wildman–Crippen MR) is 92.9 cm³/mol. The number of nitrogens with zero attached hydrogens (tertiary/aromatic N) is 1. The maximum atomic E-state index is 12.2. The molecule has 1 rings (SSSR count).